The molecule has 0 aliphatic rings. The van der Waals surface area contributed by atoms with Gasteiger partial charge in [-0.15, -0.1) is 0 Å². The average molecular weight is 238 g/mol. The Morgan fingerprint density at radius 1 is 1.24 bits per heavy atom. The summed E-state index contributed by atoms with van der Waals surface area (Å²) in [5.74, 6) is -0.214. The van der Waals surface area contributed by atoms with Crippen LogP contribution in [-0.4, -0.2) is 13.1 Å². The van der Waals surface area contributed by atoms with Gasteiger partial charge in [-0.3, -0.25) is 0 Å². The molecule has 0 spiro atoms. The van der Waals surface area contributed by atoms with Gasteiger partial charge in [-0.2, -0.15) is 0 Å². The third-order valence-electron chi connectivity index (χ3n) is 2.81. The molecule has 1 atom stereocenters. The standard InChI is InChI=1S/C14H23FN2/c1-4-8-17(9-5-2)14-7-6-12(15)10-13(14)11(3)16/h6-7,10-11H,4-5,8-9,16H2,1-3H3. The number of hydrogen-bond donors (Lipinski definition) is 1. The Morgan fingerprint density at radius 2 is 1.82 bits per heavy atom. The molecule has 0 saturated carbocycles. The number of benzene rings is 1. The number of anilines is 1. The van der Waals surface area contributed by atoms with Crippen LogP contribution in [0.1, 0.15) is 45.2 Å². The zero-order valence-corrected chi connectivity index (χ0v) is 11.0. The minimum atomic E-state index is -0.214. The van der Waals surface area contributed by atoms with E-state index >= 15 is 0 Å². The van der Waals surface area contributed by atoms with Gasteiger partial charge in [0.2, 0.25) is 0 Å². The normalized spacial score (nSPS) is 12.5. The lowest BCUT2D eigenvalue weighted by Crippen LogP contribution is -2.27. The van der Waals surface area contributed by atoms with Crippen LogP contribution in [0.3, 0.4) is 0 Å². The van der Waals surface area contributed by atoms with Crippen LogP contribution in [0, 0.1) is 5.82 Å². The quantitative estimate of drug-likeness (QED) is 0.822. The second-order valence-electron chi connectivity index (χ2n) is 4.48. The van der Waals surface area contributed by atoms with Gasteiger partial charge in [0.05, 0.1) is 0 Å². The van der Waals surface area contributed by atoms with Crippen molar-refractivity contribution in [2.45, 2.75) is 39.7 Å². The Labute approximate surface area is 104 Å². The molecule has 1 unspecified atom stereocenters. The SMILES string of the molecule is CCCN(CCC)c1ccc(F)cc1C(C)N. The van der Waals surface area contributed by atoms with Crippen molar-refractivity contribution in [3.63, 3.8) is 0 Å². The number of nitrogens with zero attached hydrogens (tertiary/aromatic N) is 1. The Kier molecular flexibility index (Phi) is 5.42. The third-order valence-corrected chi connectivity index (χ3v) is 2.81. The van der Waals surface area contributed by atoms with Crippen molar-refractivity contribution in [3.8, 4) is 0 Å². The first kappa shape index (κ1) is 14.0. The summed E-state index contributed by atoms with van der Waals surface area (Å²) in [6.45, 7) is 8.17. The smallest absolute Gasteiger partial charge is 0.123 e. The van der Waals surface area contributed by atoms with E-state index in [4.69, 9.17) is 5.73 Å². The number of halogens is 1. The van der Waals surface area contributed by atoms with E-state index in [-0.39, 0.29) is 11.9 Å². The fourth-order valence-corrected chi connectivity index (χ4v) is 2.07. The highest BCUT2D eigenvalue weighted by Crippen LogP contribution is 2.26. The molecule has 3 heteroatoms. The first-order valence-corrected chi connectivity index (χ1v) is 6.40. The Morgan fingerprint density at radius 3 is 2.29 bits per heavy atom. The van der Waals surface area contributed by atoms with Gasteiger partial charge in [-0.1, -0.05) is 13.8 Å². The molecule has 0 aromatic heterocycles. The van der Waals surface area contributed by atoms with E-state index < -0.39 is 0 Å². The van der Waals surface area contributed by atoms with Crippen LogP contribution in [0.25, 0.3) is 0 Å². The molecule has 0 saturated heterocycles. The Bertz CT molecular complexity index is 344. The molecule has 0 radical (unpaired) electrons. The van der Waals surface area contributed by atoms with Crippen molar-refractivity contribution >= 4 is 5.69 Å². The van der Waals surface area contributed by atoms with Crippen molar-refractivity contribution in [1.29, 1.82) is 0 Å². The molecule has 96 valence electrons. The van der Waals surface area contributed by atoms with Crippen LogP contribution in [0.15, 0.2) is 18.2 Å². The molecule has 2 N–H and O–H groups in total. The molecule has 1 aromatic carbocycles. The van der Waals surface area contributed by atoms with Crippen molar-refractivity contribution < 1.29 is 4.39 Å². The number of hydrogen-bond acceptors (Lipinski definition) is 2. The van der Waals surface area contributed by atoms with Gasteiger partial charge >= 0.3 is 0 Å². The largest absolute Gasteiger partial charge is 0.371 e. The van der Waals surface area contributed by atoms with Crippen molar-refractivity contribution in [2.75, 3.05) is 18.0 Å². The van der Waals surface area contributed by atoms with Gasteiger partial charge in [0.15, 0.2) is 0 Å². The van der Waals surface area contributed by atoms with E-state index in [0.717, 1.165) is 37.2 Å². The summed E-state index contributed by atoms with van der Waals surface area (Å²) >= 11 is 0. The molecule has 0 fully saturated rings. The summed E-state index contributed by atoms with van der Waals surface area (Å²) in [5, 5.41) is 0. The van der Waals surface area contributed by atoms with Crippen LogP contribution in [0.4, 0.5) is 10.1 Å². The van der Waals surface area contributed by atoms with Crippen LogP contribution in [0.2, 0.25) is 0 Å². The number of rotatable bonds is 6. The molecule has 1 aromatic rings. The lowest BCUT2D eigenvalue weighted by Gasteiger charge is -2.27. The van der Waals surface area contributed by atoms with Crippen LogP contribution in [-0.2, 0) is 0 Å². The summed E-state index contributed by atoms with van der Waals surface area (Å²) in [4.78, 5) is 2.29. The van der Waals surface area contributed by atoms with E-state index in [1.165, 1.54) is 6.07 Å². The van der Waals surface area contributed by atoms with Crippen LogP contribution in [0.5, 0.6) is 0 Å². The van der Waals surface area contributed by atoms with Gasteiger partial charge in [0.1, 0.15) is 5.82 Å². The van der Waals surface area contributed by atoms with Gasteiger partial charge < -0.3 is 10.6 Å². The maximum absolute atomic E-state index is 13.3. The molecule has 17 heavy (non-hydrogen) atoms. The molecule has 0 amide bonds. The Balaban J connectivity index is 3.07. The lowest BCUT2D eigenvalue weighted by molar-refractivity contribution is 0.620. The van der Waals surface area contributed by atoms with E-state index in [0.29, 0.717) is 0 Å². The molecule has 0 aliphatic heterocycles. The minimum Gasteiger partial charge on any atom is -0.371 e. The topological polar surface area (TPSA) is 29.3 Å². The fraction of sp³-hybridized carbons (Fsp3) is 0.571. The van der Waals surface area contributed by atoms with Crippen LogP contribution < -0.4 is 10.6 Å². The van der Waals surface area contributed by atoms with Crippen LogP contribution >= 0.6 is 0 Å². The molecule has 0 bridgehead atoms. The minimum absolute atomic E-state index is 0.142. The van der Waals surface area contributed by atoms with Gasteiger partial charge in [-0.05, 0) is 43.5 Å². The molecular formula is C14H23FN2. The van der Waals surface area contributed by atoms with Gasteiger partial charge in [0, 0.05) is 24.8 Å². The second-order valence-corrected chi connectivity index (χ2v) is 4.48. The highest BCUT2D eigenvalue weighted by atomic mass is 19.1. The highest BCUT2D eigenvalue weighted by Gasteiger charge is 2.13. The summed E-state index contributed by atoms with van der Waals surface area (Å²) < 4.78 is 13.3. The predicted octanol–water partition coefficient (Wildman–Crippen LogP) is 3.47. The predicted molar refractivity (Wildman–Crippen MR) is 71.8 cm³/mol. The highest BCUT2D eigenvalue weighted by molar-refractivity contribution is 5.55. The monoisotopic (exact) mass is 238 g/mol. The van der Waals surface area contributed by atoms with E-state index in [1.54, 1.807) is 6.07 Å². The molecule has 0 aliphatic carbocycles. The van der Waals surface area contributed by atoms with Gasteiger partial charge in [0.25, 0.3) is 0 Å². The zero-order valence-electron chi connectivity index (χ0n) is 11.0. The summed E-state index contributed by atoms with van der Waals surface area (Å²) in [5.41, 5.74) is 7.89. The average Bonchev–Trinajstić information content (AvgIpc) is 2.28. The maximum Gasteiger partial charge on any atom is 0.123 e. The lowest BCUT2D eigenvalue weighted by atomic mass is 10.1. The van der Waals surface area contributed by atoms with E-state index in [2.05, 4.69) is 18.7 Å². The second kappa shape index (κ2) is 6.60. The Hall–Kier alpha value is -1.09. The summed E-state index contributed by atoms with van der Waals surface area (Å²) in [6, 6.07) is 4.77. The van der Waals surface area contributed by atoms with E-state index in [9.17, 15) is 4.39 Å². The van der Waals surface area contributed by atoms with Gasteiger partial charge in [-0.25, -0.2) is 4.39 Å². The molecular weight excluding hydrogens is 215 g/mol. The third kappa shape index (κ3) is 3.70. The molecule has 1 rings (SSSR count). The van der Waals surface area contributed by atoms with E-state index in [1.807, 2.05) is 13.0 Å². The summed E-state index contributed by atoms with van der Waals surface area (Å²) in [6.07, 6.45) is 2.16. The molecule has 2 nitrogen and oxygen atoms in total. The van der Waals surface area contributed by atoms with Crippen molar-refractivity contribution in [1.82, 2.24) is 0 Å². The zero-order chi connectivity index (χ0) is 12.8. The molecule has 0 heterocycles. The first-order valence-electron chi connectivity index (χ1n) is 6.40. The maximum atomic E-state index is 13.3. The number of nitrogens with two attached hydrogens (primary N) is 1. The van der Waals surface area contributed by atoms with Crippen molar-refractivity contribution in [2.24, 2.45) is 5.73 Å². The first-order chi connectivity index (χ1) is 8.10. The van der Waals surface area contributed by atoms with Crippen molar-refractivity contribution in [3.05, 3.63) is 29.6 Å². The summed E-state index contributed by atoms with van der Waals surface area (Å²) in [7, 11) is 0. The fourth-order valence-electron chi connectivity index (χ4n) is 2.07.